The smallest absolute Gasteiger partial charge is 0.379 e. The lowest BCUT2D eigenvalue weighted by Gasteiger charge is -2.26. The van der Waals surface area contributed by atoms with E-state index in [4.69, 9.17) is 0 Å². The van der Waals surface area contributed by atoms with E-state index in [9.17, 15) is 18.7 Å². The van der Waals surface area contributed by atoms with Crippen LogP contribution >= 0.6 is 0 Å². The summed E-state index contributed by atoms with van der Waals surface area (Å²) in [4.78, 5) is 10.9. The maximum atomic E-state index is 13.2. The highest BCUT2D eigenvalue weighted by molar-refractivity contribution is 5.78. The van der Waals surface area contributed by atoms with E-state index >= 15 is 0 Å². The van der Waals surface area contributed by atoms with Gasteiger partial charge in [-0.05, 0) is 18.8 Å². The summed E-state index contributed by atoms with van der Waals surface area (Å²) in [5.41, 5.74) is -0.477. The Balaban J connectivity index is 4.51. The van der Waals surface area contributed by atoms with Crippen molar-refractivity contribution in [2.75, 3.05) is 6.61 Å². The topological polar surface area (TPSA) is 46.5 Å². The summed E-state index contributed by atoms with van der Waals surface area (Å²) in [6.45, 7) is 6.42. The SMILES string of the molecule is CCOC(=O)C(F)(F)[C@H](O)CC(C)(C)C. The van der Waals surface area contributed by atoms with Crippen LogP contribution in [0.2, 0.25) is 0 Å². The van der Waals surface area contributed by atoms with Gasteiger partial charge in [0, 0.05) is 0 Å². The second-order valence-corrected chi connectivity index (χ2v) is 4.62. The van der Waals surface area contributed by atoms with Crippen LogP contribution in [0.5, 0.6) is 0 Å². The highest BCUT2D eigenvalue weighted by Gasteiger charge is 2.49. The van der Waals surface area contributed by atoms with Gasteiger partial charge in [0.25, 0.3) is 0 Å². The molecule has 1 N–H and O–H groups in total. The fourth-order valence-electron chi connectivity index (χ4n) is 1.07. The van der Waals surface area contributed by atoms with Crippen molar-refractivity contribution < 1.29 is 23.4 Å². The van der Waals surface area contributed by atoms with Gasteiger partial charge in [-0.25, -0.2) is 4.79 Å². The van der Waals surface area contributed by atoms with Gasteiger partial charge in [-0.3, -0.25) is 0 Å². The zero-order valence-electron chi connectivity index (χ0n) is 9.51. The number of halogens is 2. The van der Waals surface area contributed by atoms with E-state index in [1.807, 2.05) is 0 Å². The Morgan fingerprint density at radius 3 is 2.20 bits per heavy atom. The molecule has 90 valence electrons. The first-order valence-electron chi connectivity index (χ1n) is 4.84. The molecule has 0 radical (unpaired) electrons. The van der Waals surface area contributed by atoms with Crippen LogP contribution in [-0.4, -0.2) is 29.7 Å². The van der Waals surface area contributed by atoms with Crippen molar-refractivity contribution in [1.29, 1.82) is 0 Å². The number of alkyl halides is 2. The summed E-state index contributed by atoms with van der Waals surface area (Å²) in [6.07, 6.45) is -2.17. The van der Waals surface area contributed by atoms with Gasteiger partial charge in [0.2, 0.25) is 0 Å². The minimum absolute atomic E-state index is 0.128. The molecule has 15 heavy (non-hydrogen) atoms. The van der Waals surface area contributed by atoms with Gasteiger partial charge < -0.3 is 9.84 Å². The van der Waals surface area contributed by atoms with Gasteiger partial charge in [-0.15, -0.1) is 0 Å². The molecule has 0 saturated heterocycles. The lowest BCUT2D eigenvalue weighted by atomic mass is 9.87. The molecule has 0 aromatic carbocycles. The third-order valence-corrected chi connectivity index (χ3v) is 1.77. The number of esters is 1. The molecule has 1 atom stereocenters. The summed E-state index contributed by atoms with van der Waals surface area (Å²) < 4.78 is 30.6. The second-order valence-electron chi connectivity index (χ2n) is 4.62. The van der Waals surface area contributed by atoms with Crippen LogP contribution < -0.4 is 0 Å². The Morgan fingerprint density at radius 2 is 1.87 bits per heavy atom. The van der Waals surface area contributed by atoms with Gasteiger partial charge in [-0.1, -0.05) is 20.8 Å². The minimum Gasteiger partial charge on any atom is -0.461 e. The monoisotopic (exact) mass is 224 g/mol. The lowest BCUT2D eigenvalue weighted by molar-refractivity contribution is -0.190. The fraction of sp³-hybridized carbons (Fsp3) is 0.900. The maximum absolute atomic E-state index is 13.2. The normalized spacial score (nSPS) is 14.9. The van der Waals surface area contributed by atoms with E-state index in [1.54, 1.807) is 20.8 Å². The molecule has 0 unspecified atom stereocenters. The molecule has 0 aromatic heterocycles. The molecule has 0 aromatic rings. The third-order valence-electron chi connectivity index (χ3n) is 1.77. The molecule has 0 aliphatic rings. The van der Waals surface area contributed by atoms with Gasteiger partial charge >= 0.3 is 11.9 Å². The van der Waals surface area contributed by atoms with Gasteiger partial charge in [0.15, 0.2) is 0 Å². The molecular weight excluding hydrogens is 206 g/mol. The zero-order valence-corrected chi connectivity index (χ0v) is 9.51. The number of ether oxygens (including phenoxy) is 1. The Morgan fingerprint density at radius 1 is 1.40 bits per heavy atom. The van der Waals surface area contributed by atoms with E-state index < -0.39 is 23.4 Å². The molecule has 5 heteroatoms. The summed E-state index contributed by atoms with van der Waals surface area (Å²) in [7, 11) is 0. The molecular formula is C10H18F2O3. The molecule has 0 aliphatic carbocycles. The first-order valence-corrected chi connectivity index (χ1v) is 4.84. The summed E-state index contributed by atoms with van der Waals surface area (Å²) in [5, 5.41) is 9.26. The van der Waals surface area contributed by atoms with Crippen molar-refractivity contribution in [3.8, 4) is 0 Å². The van der Waals surface area contributed by atoms with Crippen molar-refractivity contribution in [3.05, 3.63) is 0 Å². The number of aliphatic hydroxyl groups is 1. The molecule has 0 bridgehead atoms. The standard InChI is InChI=1S/C10H18F2O3/c1-5-15-8(14)10(11,12)7(13)6-9(2,3)4/h7,13H,5-6H2,1-4H3/t7-/m1/s1. The quantitative estimate of drug-likeness (QED) is 0.743. The molecule has 0 amide bonds. The van der Waals surface area contributed by atoms with Crippen molar-refractivity contribution in [3.63, 3.8) is 0 Å². The average molecular weight is 224 g/mol. The molecule has 3 nitrogen and oxygen atoms in total. The van der Waals surface area contributed by atoms with E-state index in [2.05, 4.69) is 4.74 Å². The highest BCUT2D eigenvalue weighted by Crippen LogP contribution is 2.30. The summed E-state index contributed by atoms with van der Waals surface area (Å²) in [6, 6.07) is 0. The minimum atomic E-state index is -3.83. The Labute approximate surface area is 88.4 Å². The zero-order chi connectivity index (χ0) is 12.3. The molecule has 0 spiro atoms. The predicted octanol–water partition coefficient (Wildman–Crippen LogP) is 1.98. The first kappa shape index (κ1) is 14.3. The van der Waals surface area contributed by atoms with Crippen molar-refractivity contribution in [2.45, 2.75) is 46.1 Å². The van der Waals surface area contributed by atoms with Gasteiger partial charge in [-0.2, -0.15) is 8.78 Å². The molecule has 0 rings (SSSR count). The van der Waals surface area contributed by atoms with E-state index in [1.165, 1.54) is 6.92 Å². The predicted molar refractivity (Wildman–Crippen MR) is 51.7 cm³/mol. The summed E-state index contributed by atoms with van der Waals surface area (Å²) >= 11 is 0. The van der Waals surface area contributed by atoms with Crippen molar-refractivity contribution in [1.82, 2.24) is 0 Å². The van der Waals surface area contributed by atoms with Crippen molar-refractivity contribution in [2.24, 2.45) is 5.41 Å². The molecule has 0 heterocycles. The second kappa shape index (κ2) is 4.88. The molecule has 0 aliphatic heterocycles. The number of aliphatic hydroxyl groups excluding tert-OH is 1. The number of carbonyl (C=O) groups is 1. The van der Waals surface area contributed by atoms with Crippen LogP contribution in [0.25, 0.3) is 0 Å². The average Bonchev–Trinajstić information content (AvgIpc) is 2.01. The number of rotatable bonds is 4. The van der Waals surface area contributed by atoms with Crippen LogP contribution in [0.15, 0.2) is 0 Å². The number of hydrogen-bond donors (Lipinski definition) is 1. The van der Waals surface area contributed by atoms with Crippen LogP contribution in [0.4, 0.5) is 8.78 Å². The van der Waals surface area contributed by atoms with Gasteiger partial charge in [0.05, 0.1) is 6.61 Å². The summed E-state index contributed by atoms with van der Waals surface area (Å²) in [5.74, 6) is -5.50. The first-order chi connectivity index (χ1) is 6.61. The number of hydrogen-bond acceptors (Lipinski definition) is 3. The largest absolute Gasteiger partial charge is 0.461 e. The van der Waals surface area contributed by atoms with Crippen LogP contribution in [0.3, 0.4) is 0 Å². The third kappa shape index (κ3) is 4.55. The maximum Gasteiger partial charge on any atom is 0.379 e. The fourth-order valence-corrected chi connectivity index (χ4v) is 1.07. The van der Waals surface area contributed by atoms with E-state index in [-0.39, 0.29) is 13.0 Å². The Bertz CT molecular complexity index is 221. The highest BCUT2D eigenvalue weighted by atomic mass is 19.3. The van der Waals surface area contributed by atoms with Crippen LogP contribution in [-0.2, 0) is 9.53 Å². The lowest BCUT2D eigenvalue weighted by Crippen LogP contribution is -2.44. The van der Waals surface area contributed by atoms with E-state index in [0.717, 1.165) is 0 Å². The van der Waals surface area contributed by atoms with Crippen molar-refractivity contribution >= 4 is 5.97 Å². The van der Waals surface area contributed by atoms with Crippen LogP contribution in [0, 0.1) is 5.41 Å². The molecule has 0 saturated carbocycles. The van der Waals surface area contributed by atoms with Crippen LogP contribution in [0.1, 0.15) is 34.1 Å². The Kier molecular flexibility index (Phi) is 4.65. The molecule has 0 fully saturated rings. The Hall–Kier alpha value is -0.710. The van der Waals surface area contributed by atoms with Gasteiger partial charge in [0.1, 0.15) is 6.10 Å². The van der Waals surface area contributed by atoms with E-state index in [0.29, 0.717) is 0 Å². The number of carbonyl (C=O) groups excluding carboxylic acids is 1.